The van der Waals surface area contributed by atoms with Gasteiger partial charge in [-0.15, -0.1) is 0 Å². The topological polar surface area (TPSA) is 26.0 Å². The summed E-state index contributed by atoms with van der Waals surface area (Å²) >= 11 is 0. The third-order valence-corrected chi connectivity index (χ3v) is 3.25. The third-order valence-electron chi connectivity index (χ3n) is 3.25. The standard InChI is InChI=1S/C9H19N/c1-3-8-5-4-6-9(8,2)7-10/h8H,3-7,10H2,1-2H3/t8-,9?/m0/s1. The molecule has 0 saturated heterocycles. The molecule has 0 amide bonds. The van der Waals surface area contributed by atoms with Crippen molar-refractivity contribution < 1.29 is 0 Å². The molecule has 1 aliphatic rings. The van der Waals surface area contributed by atoms with Gasteiger partial charge in [0.2, 0.25) is 0 Å². The van der Waals surface area contributed by atoms with Crippen LogP contribution in [0.4, 0.5) is 0 Å². The minimum absolute atomic E-state index is 0.481. The second-order valence-electron chi connectivity index (χ2n) is 3.86. The molecule has 1 nitrogen and oxygen atoms in total. The molecule has 1 rings (SSSR count). The van der Waals surface area contributed by atoms with Gasteiger partial charge < -0.3 is 5.73 Å². The van der Waals surface area contributed by atoms with Crippen LogP contribution >= 0.6 is 0 Å². The van der Waals surface area contributed by atoms with Gasteiger partial charge in [0.15, 0.2) is 0 Å². The normalized spacial score (nSPS) is 40.5. The fourth-order valence-corrected chi connectivity index (χ4v) is 2.27. The molecule has 0 aromatic heterocycles. The van der Waals surface area contributed by atoms with Crippen LogP contribution < -0.4 is 5.73 Å². The van der Waals surface area contributed by atoms with Crippen LogP contribution in [0.3, 0.4) is 0 Å². The third kappa shape index (κ3) is 1.20. The van der Waals surface area contributed by atoms with Crippen LogP contribution in [0.15, 0.2) is 0 Å². The average Bonchev–Trinajstić information content (AvgIpc) is 2.32. The molecular formula is C9H19N. The predicted octanol–water partition coefficient (Wildman–Crippen LogP) is 2.16. The lowest BCUT2D eigenvalue weighted by Gasteiger charge is -2.29. The van der Waals surface area contributed by atoms with E-state index in [0.717, 1.165) is 12.5 Å². The summed E-state index contributed by atoms with van der Waals surface area (Å²) in [6.45, 7) is 5.50. The maximum Gasteiger partial charge on any atom is -0.00205 e. The van der Waals surface area contributed by atoms with Crippen molar-refractivity contribution in [1.29, 1.82) is 0 Å². The number of hydrogen-bond acceptors (Lipinski definition) is 1. The van der Waals surface area contributed by atoms with Crippen molar-refractivity contribution in [3.05, 3.63) is 0 Å². The Hall–Kier alpha value is -0.0400. The highest BCUT2D eigenvalue weighted by Crippen LogP contribution is 2.43. The van der Waals surface area contributed by atoms with Crippen molar-refractivity contribution in [3.63, 3.8) is 0 Å². The fraction of sp³-hybridized carbons (Fsp3) is 1.00. The van der Waals surface area contributed by atoms with Crippen molar-refractivity contribution in [3.8, 4) is 0 Å². The lowest BCUT2D eigenvalue weighted by atomic mass is 9.78. The van der Waals surface area contributed by atoms with Crippen LogP contribution in [0.25, 0.3) is 0 Å². The zero-order valence-corrected chi connectivity index (χ0v) is 7.19. The molecule has 0 aliphatic heterocycles. The first-order valence-corrected chi connectivity index (χ1v) is 4.43. The van der Waals surface area contributed by atoms with Gasteiger partial charge in [-0.25, -0.2) is 0 Å². The molecule has 10 heavy (non-hydrogen) atoms. The second kappa shape index (κ2) is 2.91. The van der Waals surface area contributed by atoms with E-state index in [1.165, 1.54) is 25.7 Å². The van der Waals surface area contributed by atoms with E-state index in [1.54, 1.807) is 0 Å². The van der Waals surface area contributed by atoms with Crippen molar-refractivity contribution in [1.82, 2.24) is 0 Å². The Kier molecular flexibility index (Phi) is 2.35. The van der Waals surface area contributed by atoms with Crippen LogP contribution in [0.1, 0.15) is 39.5 Å². The van der Waals surface area contributed by atoms with Gasteiger partial charge in [-0.2, -0.15) is 0 Å². The van der Waals surface area contributed by atoms with E-state index in [0.29, 0.717) is 5.41 Å². The van der Waals surface area contributed by atoms with Gasteiger partial charge in [0.1, 0.15) is 0 Å². The van der Waals surface area contributed by atoms with Gasteiger partial charge in [0.05, 0.1) is 0 Å². The molecule has 1 unspecified atom stereocenters. The monoisotopic (exact) mass is 141 g/mol. The molecule has 0 radical (unpaired) electrons. The Morgan fingerprint density at radius 3 is 2.70 bits per heavy atom. The Morgan fingerprint density at radius 1 is 1.60 bits per heavy atom. The first-order chi connectivity index (χ1) is 4.73. The predicted molar refractivity (Wildman–Crippen MR) is 44.8 cm³/mol. The Labute approximate surface area is 64.0 Å². The van der Waals surface area contributed by atoms with Crippen molar-refractivity contribution in [2.75, 3.05) is 6.54 Å². The van der Waals surface area contributed by atoms with E-state index >= 15 is 0 Å². The van der Waals surface area contributed by atoms with Crippen LogP contribution in [0, 0.1) is 11.3 Å². The summed E-state index contributed by atoms with van der Waals surface area (Å²) in [4.78, 5) is 0. The molecule has 1 saturated carbocycles. The first-order valence-electron chi connectivity index (χ1n) is 4.43. The molecule has 1 aliphatic carbocycles. The molecule has 2 atom stereocenters. The lowest BCUT2D eigenvalue weighted by molar-refractivity contribution is 0.233. The highest BCUT2D eigenvalue weighted by atomic mass is 14.6. The smallest absolute Gasteiger partial charge is 0.00205 e. The molecule has 1 fully saturated rings. The summed E-state index contributed by atoms with van der Waals surface area (Å²) in [5.74, 6) is 0.900. The minimum atomic E-state index is 0.481. The Balaban J connectivity index is 2.56. The molecule has 0 aromatic rings. The van der Waals surface area contributed by atoms with Gasteiger partial charge in [-0.3, -0.25) is 0 Å². The maximum atomic E-state index is 5.73. The average molecular weight is 141 g/mol. The van der Waals surface area contributed by atoms with Crippen LogP contribution in [-0.2, 0) is 0 Å². The fourth-order valence-electron chi connectivity index (χ4n) is 2.27. The summed E-state index contributed by atoms with van der Waals surface area (Å²) in [6.07, 6.45) is 5.46. The highest BCUT2D eigenvalue weighted by Gasteiger charge is 2.35. The number of nitrogens with two attached hydrogens (primary N) is 1. The quantitative estimate of drug-likeness (QED) is 0.626. The second-order valence-corrected chi connectivity index (χ2v) is 3.86. The van der Waals surface area contributed by atoms with E-state index in [4.69, 9.17) is 5.73 Å². The Bertz CT molecular complexity index is 111. The van der Waals surface area contributed by atoms with Crippen LogP contribution in [0.5, 0.6) is 0 Å². The molecule has 60 valence electrons. The van der Waals surface area contributed by atoms with E-state index < -0.39 is 0 Å². The summed E-state index contributed by atoms with van der Waals surface area (Å²) < 4.78 is 0. The molecule has 2 N–H and O–H groups in total. The molecular weight excluding hydrogens is 122 g/mol. The van der Waals surface area contributed by atoms with Crippen molar-refractivity contribution in [2.24, 2.45) is 17.1 Å². The number of rotatable bonds is 2. The van der Waals surface area contributed by atoms with Crippen LogP contribution in [-0.4, -0.2) is 6.54 Å². The molecule has 1 heteroatoms. The number of hydrogen-bond donors (Lipinski definition) is 1. The van der Waals surface area contributed by atoms with Gasteiger partial charge in [-0.1, -0.05) is 26.7 Å². The van der Waals surface area contributed by atoms with Gasteiger partial charge >= 0.3 is 0 Å². The van der Waals surface area contributed by atoms with Crippen molar-refractivity contribution in [2.45, 2.75) is 39.5 Å². The van der Waals surface area contributed by atoms with E-state index in [9.17, 15) is 0 Å². The lowest BCUT2D eigenvalue weighted by Crippen LogP contribution is -2.30. The summed E-state index contributed by atoms with van der Waals surface area (Å²) in [6, 6.07) is 0. The van der Waals surface area contributed by atoms with E-state index in [2.05, 4.69) is 13.8 Å². The zero-order chi connectivity index (χ0) is 7.61. The van der Waals surface area contributed by atoms with Gasteiger partial charge in [0.25, 0.3) is 0 Å². The molecule has 0 aromatic carbocycles. The zero-order valence-electron chi connectivity index (χ0n) is 7.19. The van der Waals surface area contributed by atoms with E-state index in [-0.39, 0.29) is 0 Å². The molecule has 0 bridgehead atoms. The molecule has 0 spiro atoms. The Morgan fingerprint density at radius 2 is 2.30 bits per heavy atom. The summed E-state index contributed by atoms with van der Waals surface area (Å²) in [7, 11) is 0. The molecule has 0 heterocycles. The van der Waals surface area contributed by atoms with Crippen molar-refractivity contribution >= 4 is 0 Å². The summed E-state index contributed by atoms with van der Waals surface area (Å²) in [5, 5.41) is 0. The minimum Gasteiger partial charge on any atom is -0.330 e. The van der Waals surface area contributed by atoms with Gasteiger partial charge in [0, 0.05) is 0 Å². The summed E-state index contributed by atoms with van der Waals surface area (Å²) in [5.41, 5.74) is 6.21. The van der Waals surface area contributed by atoms with E-state index in [1.807, 2.05) is 0 Å². The largest absolute Gasteiger partial charge is 0.330 e. The SMILES string of the molecule is CC[C@H]1CCCC1(C)CN. The van der Waals surface area contributed by atoms with Crippen LogP contribution in [0.2, 0.25) is 0 Å². The highest BCUT2D eigenvalue weighted by molar-refractivity contribution is 4.88. The van der Waals surface area contributed by atoms with Gasteiger partial charge in [-0.05, 0) is 30.7 Å². The maximum absolute atomic E-state index is 5.73. The first kappa shape index (κ1) is 8.06.